The Labute approximate surface area is 175 Å². The van der Waals surface area contributed by atoms with E-state index in [0.717, 1.165) is 55.9 Å². The average Bonchev–Trinajstić information content (AvgIpc) is 3.19. The first-order chi connectivity index (χ1) is 13.6. The zero-order valence-electron chi connectivity index (χ0n) is 15.8. The van der Waals surface area contributed by atoms with Crippen LogP contribution in [0.2, 0.25) is 0 Å². The molecule has 144 valence electrons. The third-order valence-corrected chi connectivity index (χ3v) is 9.26. The highest BCUT2D eigenvalue weighted by molar-refractivity contribution is 8.27. The van der Waals surface area contributed by atoms with Crippen LogP contribution in [0.5, 0.6) is 0 Å². The van der Waals surface area contributed by atoms with Gasteiger partial charge in [0.15, 0.2) is 5.78 Å². The molecule has 0 amide bonds. The van der Waals surface area contributed by atoms with Crippen molar-refractivity contribution in [3.05, 3.63) is 41.0 Å². The third kappa shape index (κ3) is 2.83. The number of furan rings is 1. The molecule has 4 heteroatoms. The summed E-state index contributed by atoms with van der Waals surface area (Å²) in [6.07, 6.45) is 9.97. The predicted octanol–water partition coefficient (Wildman–Crippen LogP) is 6.50. The van der Waals surface area contributed by atoms with Crippen molar-refractivity contribution < 1.29 is 9.21 Å². The van der Waals surface area contributed by atoms with E-state index in [1.807, 2.05) is 36.4 Å². The number of thioether (sulfide) groups is 1. The molecule has 2 aromatic rings. The molecule has 4 bridgehead atoms. The molecule has 1 atom stereocenters. The zero-order valence-corrected chi connectivity index (χ0v) is 17.4. The Hall–Kier alpha value is -1.39. The van der Waals surface area contributed by atoms with Gasteiger partial charge in [-0.1, -0.05) is 42.2 Å². The number of thiocarbonyl (C=S) groups is 1. The molecule has 1 unspecified atom stereocenters. The van der Waals surface area contributed by atoms with Gasteiger partial charge in [0.25, 0.3) is 0 Å². The Morgan fingerprint density at radius 1 is 1.07 bits per heavy atom. The van der Waals surface area contributed by atoms with Crippen LogP contribution in [0.4, 0.5) is 0 Å². The van der Waals surface area contributed by atoms with Gasteiger partial charge in [-0.3, -0.25) is 4.79 Å². The first kappa shape index (κ1) is 17.5. The molecule has 0 spiro atoms. The van der Waals surface area contributed by atoms with Gasteiger partial charge in [-0.2, -0.15) is 0 Å². The van der Waals surface area contributed by atoms with Crippen molar-refractivity contribution in [3.63, 3.8) is 0 Å². The molecule has 28 heavy (non-hydrogen) atoms. The minimum Gasteiger partial charge on any atom is -0.457 e. The molecule has 0 radical (unpaired) electrons. The number of hydrogen-bond donors (Lipinski definition) is 0. The summed E-state index contributed by atoms with van der Waals surface area (Å²) in [4.78, 5) is 13.9. The topological polar surface area (TPSA) is 30.2 Å². The minimum absolute atomic E-state index is 0.0712. The number of hydrogen-bond acceptors (Lipinski definition) is 4. The van der Waals surface area contributed by atoms with Gasteiger partial charge in [0.2, 0.25) is 0 Å². The quantitative estimate of drug-likeness (QED) is 0.428. The summed E-state index contributed by atoms with van der Waals surface area (Å²) in [7, 11) is 0. The average molecular weight is 409 g/mol. The number of carbonyl (C=O) groups excluding carboxylic acids is 1. The monoisotopic (exact) mass is 408 g/mol. The lowest BCUT2D eigenvalue weighted by Crippen LogP contribution is -2.46. The number of rotatable bonds is 3. The molecule has 5 fully saturated rings. The number of allylic oxidation sites excluding steroid dienone is 1. The summed E-state index contributed by atoms with van der Waals surface area (Å²) in [5.74, 6) is 5.26. The fraction of sp³-hybridized carbons (Fsp3) is 0.500. The lowest BCUT2D eigenvalue weighted by molar-refractivity contribution is -0.117. The van der Waals surface area contributed by atoms with Crippen molar-refractivity contribution in [2.24, 2.45) is 35.5 Å². The van der Waals surface area contributed by atoms with Gasteiger partial charge in [-0.05, 0) is 86.3 Å². The maximum atomic E-state index is 13.2. The van der Waals surface area contributed by atoms with E-state index in [2.05, 4.69) is 0 Å². The number of ketones is 1. The molecule has 4 aliphatic carbocycles. The van der Waals surface area contributed by atoms with Crippen molar-refractivity contribution in [2.45, 2.75) is 38.5 Å². The summed E-state index contributed by atoms with van der Waals surface area (Å²) < 4.78 is 6.77. The molecule has 0 N–H and O–H groups in total. The predicted molar refractivity (Wildman–Crippen MR) is 118 cm³/mol. The summed E-state index contributed by atoms with van der Waals surface area (Å²) in [5.41, 5.74) is 0.859. The van der Waals surface area contributed by atoms with Gasteiger partial charge in [0.1, 0.15) is 11.3 Å². The highest BCUT2D eigenvalue weighted by atomic mass is 32.2. The standard InChI is InChI=1S/C24H24O2S2/c25-23-20(12-19-16-6-13-5-14(8-16)9-17(19)7-13)24(27)28-22(23)11-18-10-15-3-1-2-4-21(15)26-18/h1-4,10-11,13-14,16-17,19-20H,5-9,12H2. The van der Waals surface area contributed by atoms with Crippen LogP contribution in [0.3, 0.4) is 0 Å². The fourth-order valence-corrected chi connectivity index (χ4v) is 8.16. The van der Waals surface area contributed by atoms with Gasteiger partial charge in [0, 0.05) is 5.39 Å². The molecular weight excluding hydrogens is 384 g/mol. The number of para-hydroxylation sites is 1. The maximum Gasteiger partial charge on any atom is 0.178 e. The Bertz CT molecular complexity index is 940. The van der Waals surface area contributed by atoms with E-state index in [1.54, 1.807) is 0 Å². The van der Waals surface area contributed by atoms with E-state index < -0.39 is 0 Å². The second kappa shape index (κ2) is 6.56. The van der Waals surface area contributed by atoms with Crippen LogP contribution in [0, 0.1) is 35.5 Å². The minimum atomic E-state index is -0.0712. The summed E-state index contributed by atoms with van der Waals surface area (Å²) in [6.45, 7) is 0. The molecule has 2 nitrogen and oxygen atoms in total. The number of fused-ring (bicyclic) bond motifs is 1. The molecule has 5 aliphatic rings. The van der Waals surface area contributed by atoms with Crippen molar-refractivity contribution >= 4 is 51.0 Å². The third-order valence-electron chi connectivity index (χ3n) is 7.70. The van der Waals surface area contributed by atoms with Gasteiger partial charge in [-0.15, -0.1) is 0 Å². The van der Waals surface area contributed by atoms with Crippen molar-refractivity contribution in [2.75, 3.05) is 0 Å². The van der Waals surface area contributed by atoms with Crippen molar-refractivity contribution in [1.29, 1.82) is 0 Å². The second-order valence-corrected chi connectivity index (χ2v) is 11.1. The van der Waals surface area contributed by atoms with Crippen LogP contribution in [0.25, 0.3) is 17.0 Å². The number of carbonyl (C=O) groups is 1. The molecule has 1 aromatic carbocycles. The fourth-order valence-electron chi connectivity index (χ4n) is 6.71. The van der Waals surface area contributed by atoms with Crippen molar-refractivity contribution in [3.8, 4) is 0 Å². The molecule has 2 heterocycles. The van der Waals surface area contributed by atoms with Gasteiger partial charge < -0.3 is 4.42 Å². The number of Topliss-reactive ketones (excluding diaryl/α,β-unsaturated/α-hetero) is 1. The summed E-state index contributed by atoms with van der Waals surface area (Å²) in [5, 5.41) is 1.07. The smallest absolute Gasteiger partial charge is 0.178 e. The zero-order chi connectivity index (χ0) is 18.8. The SMILES string of the molecule is O=C1C(=Cc2cc3ccccc3o2)SC(=S)C1CC1C2CC3CC(C2)CC1C3. The maximum absolute atomic E-state index is 13.2. The van der Waals surface area contributed by atoms with Crippen LogP contribution in [0.15, 0.2) is 39.7 Å². The van der Waals surface area contributed by atoms with Gasteiger partial charge >= 0.3 is 0 Å². The van der Waals surface area contributed by atoms with Crippen LogP contribution < -0.4 is 0 Å². The van der Waals surface area contributed by atoms with Gasteiger partial charge in [0.05, 0.1) is 15.0 Å². The van der Waals surface area contributed by atoms with E-state index in [4.69, 9.17) is 16.6 Å². The summed E-state index contributed by atoms with van der Waals surface area (Å²) >= 11 is 7.17. The first-order valence-corrected chi connectivity index (χ1v) is 11.8. The normalized spacial score (nSPS) is 38.2. The highest BCUT2D eigenvalue weighted by Crippen LogP contribution is 2.58. The molecule has 1 aliphatic heterocycles. The Morgan fingerprint density at radius 3 is 2.50 bits per heavy atom. The first-order valence-electron chi connectivity index (χ1n) is 10.6. The van der Waals surface area contributed by atoms with E-state index in [1.165, 1.54) is 43.9 Å². The molecule has 1 saturated heterocycles. The molecule has 7 rings (SSSR count). The van der Waals surface area contributed by atoms with Crippen LogP contribution in [0.1, 0.15) is 44.3 Å². The van der Waals surface area contributed by atoms with E-state index in [9.17, 15) is 4.79 Å². The van der Waals surface area contributed by atoms with Crippen LogP contribution >= 0.6 is 24.0 Å². The molecular formula is C24H24O2S2. The van der Waals surface area contributed by atoms with Gasteiger partial charge in [-0.25, -0.2) is 0 Å². The van der Waals surface area contributed by atoms with E-state index in [-0.39, 0.29) is 11.7 Å². The molecule has 1 aromatic heterocycles. The second-order valence-electron chi connectivity index (χ2n) is 9.36. The lowest BCUT2D eigenvalue weighted by Gasteiger charge is -2.55. The number of benzene rings is 1. The van der Waals surface area contributed by atoms with Crippen LogP contribution in [-0.2, 0) is 4.79 Å². The van der Waals surface area contributed by atoms with Crippen LogP contribution in [-0.4, -0.2) is 9.98 Å². The largest absolute Gasteiger partial charge is 0.457 e. The Balaban J connectivity index is 1.23. The van der Waals surface area contributed by atoms with E-state index in [0.29, 0.717) is 5.92 Å². The molecule has 4 saturated carbocycles. The Morgan fingerprint density at radius 2 is 1.79 bits per heavy atom. The van der Waals surface area contributed by atoms with Crippen molar-refractivity contribution in [1.82, 2.24) is 0 Å². The highest BCUT2D eigenvalue weighted by Gasteiger charge is 2.50. The Kier molecular flexibility index (Phi) is 4.09. The van der Waals surface area contributed by atoms with E-state index >= 15 is 0 Å². The lowest BCUT2D eigenvalue weighted by atomic mass is 9.51. The summed E-state index contributed by atoms with van der Waals surface area (Å²) in [6, 6.07) is 9.96.